The summed E-state index contributed by atoms with van der Waals surface area (Å²) in [6.45, 7) is 3.62. The van der Waals surface area contributed by atoms with E-state index in [2.05, 4.69) is 0 Å². The Morgan fingerprint density at radius 2 is 1.88 bits per heavy atom. The number of ketones is 1. The van der Waals surface area contributed by atoms with Crippen molar-refractivity contribution in [1.82, 2.24) is 0 Å². The molecule has 6 nitrogen and oxygen atoms in total. The van der Waals surface area contributed by atoms with Crippen molar-refractivity contribution in [3.8, 4) is 5.75 Å². The maximum atomic E-state index is 12.6. The van der Waals surface area contributed by atoms with Gasteiger partial charge < -0.3 is 14.7 Å². The summed E-state index contributed by atoms with van der Waals surface area (Å²) in [6.07, 6.45) is -0.277. The van der Waals surface area contributed by atoms with Crippen LogP contribution in [0.25, 0.3) is 0 Å². The lowest BCUT2D eigenvalue weighted by Gasteiger charge is -2.16. The predicted octanol–water partition coefficient (Wildman–Crippen LogP) is 2.73. The van der Waals surface area contributed by atoms with Crippen LogP contribution < -0.4 is 4.90 Å². The van der Waals surface area contributed by atoms with Crippen LogP contribution in [0.4, 0.5) is 5.69 Å². The van der Waals surface area contributed by atoms with Gasteiger partial charge in [-0.3, -0.25) is 9.59 Å². The second kappa shape index (κ2) is 7.00. The molecule has 1 N–H and O–H groups in total. The maximum Gasteiger partial charge on any atom is 0.338 e. The van der Waals surface area contributed by atoms with E-state index in [4.69, 9.17) is 4.74 Å². The first-order valence-corrected chi connectivity index (χ1v) is 8.32. The molecule has 1 unspecified atom stereocenters. The molecular weight excluding hydrogens is 334 g/mol. The Balaban J connectivity index is 1.73. The Bertz CT molecular complexity index is 890. The molecule has 3 rings (SSSR count). The zero-order valence-corrected chi connectivity index (χ0v) is 14.6. The van der Waals surface area contributed by atoms with Crippen molar-refractivity contribution in [1.29, 1.82) is 0 Å². The van der Waals surface area contributed by atoms with E-state index in [1.54, 1.807) is 23.1 Å². The lowest BCUT2D eigenvalue weighted by molar-refractivity contribution is -0.116. The highest BCUT2D eigenvalue weighted by atomic mass is 16.5. The summed E-state index contributed by atoms with van der Waals surface area (Å²) in [7, 11) is 0. The van der Waals surface area contributed by atoms with E-state index in [1.807, 2.05) is 0 Å². The van der Waals surface area contributed by atoms with Crippen LogP contribution in [0, 0.1) is 0 Å². The molecule has 2 aromatic rings. The van der Waals surface area contributed by atoms with Gasteiger partial charge in [-0.05, 0) is 55.3 Å². The summed E-state index contributed by atoms with van der Waals surface area (Å²) < 4.78 is 5.22. The number of hydrogen-bond donors (Lipinski definition) is 1. The third kappa shape index (κ3) is 3.44. The van der Waals surface area contributed by atoms with Gasteiger partial charge in [-0.2, -0.15) is 0 Å². The van der Waals surface area contributed by atoms with Gasteiger partial charge in [0.05, 0.1) is 5.56 Å². The summed E-state index contributed by atoms with van der Waals surface area (Å²) in [5, 5.41) is 9.43. The topological polar surface area (TPSA) is 83.9 Å². The van der Waals surface area contributed by atoms with Gasteiger partial charge >= 0.3 is 5.97 Å². The number of carbonyl (C=O) groups excluding carboxylic acids is 3. The van der Waals surface area contributed by atoms with Crippen LogP contribution >= 0.6 is 0 Å². The number of ether oxygens (including phenoxy) is 1. The average molecular weight is 353 g/mol. The molecule has 0 fully saturated rings. The van der Waals surface area contributed by atoms with Gasteiger partial charge in [-0.25, -0.2) is 4.79 Å². The normalized spacial score (nSPS) is 13.8. The molecule has 26 heavy (non-hydrogen) atoms. The number of phenols is 1. The van der Waals surface area contributed by atoms with Gasteiger partial charge in [0.1, 0.15) is 5.75 Å². The van der Waals surface area contributed by atoms with Gasteiger partial charge in [0, 0.05) is 24.7 Å². The number of fused-ring (bicyclic) bond motifs is 1. The summed E-state index contributed by atoms with van der Waals surface area (Å²) in [6, 6.07) is 10.9. The van der Waals surface area contributed by atoms with Gasteiger partial charge in [0.25, 0.3) is 0 Å². The molecule has 0 spiro atoms. The van der Waals surface area contributed by atoms with Crippen LogP contribution in [0.1, 0.15) is 40.1 Å². The number of hydrogen-bond acceptors (Lipinski definition) is 5. The molecule has 6 heteroatoms. The highest BCUT2D eigenvalue weighted by molar-refractivity contribution is 6.02. The number of nitrogens with zero attached hydrogens (tertiary/aromatic N) is 1. The van der Waals surface area contributed by atoms with Gasteiger partial charge in [0.15, 0.2) is 6.10 Å². The number of amides is 1. The Morgan fingerprint density at radius 1 is 1.12 bits per heavy atom. The minimum atomic E-state index is -0.965. The molecule has 1 aliphatic rings. The van der Waals surface area contributed by atoms with Crippen molar-refractivity contribution < 1.29 is 24.2 Å². The summed E-state index contributed by atoms with van der Waals surface area (Å²) in [5.41, 5.74) is 2.36. The number of Topliss-reactive ketones (excluding diaryl/α,β-unsaturated/α-hetero) is 1. The lowest BCUT2D eigenvalue weighted by Crippen LogP contribution is -2.26. The molecule has 2 aromatic carbocycles. The van der Waals surface area contributed by atoms with Crippen LogP contribution in [0.3, 0.4) is 0 Å². The number of benzene rings is 2. The maximum absolute atomic E-state index is 12.6. The Kier molecular flexibility index (Phi) is 4.75. The molecule has 1 atom stereocenters. The quantitative estimate of drug-likeness (QED) is 0.675. The largest absolute Gasteiger partial charge is 0.508 e. The SMILES string of the molecule is CC(=O)N1CCc2cc(C(=O)C(C)OC(=O)c3cccc(O)c3)ccc21. The minimum absolute atomic E-state index is 0.0313. The monoisotopic (exact) mass is 353 g/mol. The molecular formula is C20H19NO5. The number of carbonyl (C=O) groups is 3. The van der Waals surface area contributed by atoms with Crippen molar-refractivity contribution >= 4 is 23.3 Å². The summed E-state index contributed by atoms with van der Waals surface area (Å²) >= 11 is 0. The van der Waals surface area contributed by atoms with Crippen molar-refractivity contribution in [3.05, 3.63) is 59.2 Å². The third-order valence-corrected chi connectivity index (χ3v) is 4.37. The van der Waals surface area contributed by atoms with Crippen LogP contribution in [0.15, 0.2) is 42.5 Å². The van der Waals surface area contributed by atoms with Crippen LogP contribution in [0.2, 0.25) is 0 Å². The minimum Gasteiger partial charge on any atom is -0.508 e. The van der Waals surface area contributed by atoms with E-state index in [0.717, 1.165) is 11.3 Å². The fraction of sp³-hybridized carbons (Fsp3) is 0.250. The average Bonchev–Trinajstić information content (AvgIpc) is 3.04. The fourth-order valence-corrected chi connectivity index (χ4v) is 3.03. The first kappa shape index (κ1) is 17.7. The zero-order chi connectivity index (χ0) is 18.8. The first-order chi connectivity index (χ1) is 12.4. The van der Waals surface area contributed by atoms with E-state index in [-0.39, 0.29) is 23.0 Å². The highest BCUT2D eigenvalue weighted by Crippen LogP contribution is 2.29. The molecule has 0 saturated carbocycles. The second-order valence-corrected chi connectivity index (χ2v) is 6.23. The fourth-order valence-electron chi connectivity index (χ4n) is 3.03. The Hall–Kier alpha value is -3.15. The highest BCUT2D eigenvalue weighted by Gasteiger charge is 2.25. The van der Waals surface area contributed by atoms with Gasteiger partial charge in [0.2, 0.25) is 11.7 Å². The number of phenolic OH excluding ortho intramolecular Hbond substituents is 1. The van der Waals surface area contributed by atoms with Crippen molar-refractivity contribution in [2.45, 2.75) is 26.4 Å². The molecule has 0 aromatic heterocycles. The molecule has 1 amide bonds. The van der Waals surface area contributed by atoms with E-state index >= 15 is 0 Å². The van der Waals surface area contributed by atoms with Gasteiger partial charge in [-0.1, -0.05) is 6.07 Å². The molecule has 134 valence electrons. The molecule has 1 aliphatic heterocycles. The first-order valence-electron chi connectivity index (χ1n) is 8.32. The Labute approximate surface area is 151 Å². The molecule has 0 radical (unpaired) electrons. The van der Waals surface area contributed by atoms with Crippen molar-refractivity contribution in [3.63, 3.8) is 0 Å². The number of aromatic hydroxyl groups is 1. The number of rotatable bonds is 4. The predicted molar refractivity (Wildman–Crippen MR) is 95.5 cm³/mol. The van der Waals surface area contributed by atoms with Crippen molar-refractivity contribution in [2.75, 3.05) is 11.4 Å². The molecule has 1 heterocycles. The van der Waals surface area contributed by atoms with E-state index in [0.29, 0.717) is 18.5 Å². The third-order valence-electron chi connectivity index (χ3n) is 4.37. The number of esters is 1. The zero-order valence-electron chi connectivity index (χ0n) is 14.6. The molecule has 0 bridgehead atoms. The second-order valence-electron chi connectivity index (χ2n) is 6.23. The van der Waals surface area contributed by atoms with E-state index < -0.39 is 12.1 Å². The van der Waals surface area contributed by atoms with E-state index in [1.165, 1.54) is 38.1 Å². The summed E-state index contributed by atoms with van der Waals surface area (Å²) in [4.78, 5) is 38.0. The Morgan fingerprint density at radius 3 is 2.58 bits per heavy atom. The van der Waals surface area contributed by atoms with Gasteiger partial charge in [-0.15, -0.1) is 0 Å². The number of anilines is 1. The standard InChI is InChI=1S/C20H19NO5/c1-12(26-20(25)16-4-3-5-17(23)11-16)19(24)15-6-7-18-14(10-15)8-9-21(18)13(2)22/h3-7,10-12,23H,8-9H2,1-2H3. The molecule has 0 saturated heterocycles. The summed E-state index contributed by atoms with van der Waals surface area (Å²) in [5.74, 6) is -1.07. The van der Waals surface area contributed by atoms with Crippen LogP contribution in [-0.4, -0.2) is 35.4 Å². The van der Waals surface area contributed by atoms with Crippen molar-refractivity contribution in [2.24, 2.45) is 0 Å². The van der Waals surface area contributed by atoms with Crippen LogP contribution in [-0.2, 0) is 16.0 Å². The lowest BCUT2D eigenvalue weighted by atomic mass is 10.0. The smallest absolute Gasteiger partial charge is 0.338 e. The van der Waals surface area contributed by atoms with E-state index in [9.17, 15) is 19.5 Å². The molecule has 0 aliphatic carbocycles. The van der Waals surface area contributed by atoms with Crippen LogP contribution in [0.5, 0.6) is 5.75 Å².